The van der Waals surface area contributed by atoms with E-state index < -0.39 is 0 Å². The van der Waals surface area contributed by atoms with Gasteiger partial charge in [-0.25, -0.2) is 0 Å². The van der Waals surface area contributed by atoms with Crippen LogP contribution in [-0.2, 0) is 11.4 Å². The quantitative estimate of drug-likeness (QED) is 0.550. The van der Waals surface area contributed by atoms with E-state index in [-0.39, 0.29) is 6.04 Å². The number of hydroxylamine groups is 1. The summed E-state index contributed by atoms with van der Waals surface area (Å²) in [6, 6.07) is 10.2. The summed E-state index contributed by atoms with van der Waals surface area (Å²) < 4.78 is 0. The van der Waals surface area contributed by atoms with Crippen LogP contribution in [0.15, 0.2) is 43.0 Å². The Morgan fingerprint density at radius 3 is 2.77 bits per heavy atom. The Bertz CT molecular complexity index is 246. The molecule has 0 aliphatic carbocycles. The lowest BCUT2D eigenvalue weighted by atomic mass is 10.2. The van der Waals surface area contributed by atoms with Crippen molar-refractivity contribution in [1.29, 1.82) is 0 Å². The van der Waals surface area contributed by atoms with E-state index in [1.807, 2.05) is 37.3 Å². The maximum Gasteiger partial charge on any atom is 0.0933 e. The molecule has 70 valence electrons. The summed E-state index contributed by atoms with van der Waals surface area (Å²) in [7, 11) is 0. The van der Waals surface area contributed by atoms with Gasteiger partial charge in [0.15, 0.2) is 0 Å². The highest BCUT2D eigenvalue weighted by Crippen LogP contribution is 1.99. The molecule has 1 atom stereocenters. The van der Waals surface area contributed by atoms with Gasteiger partial charge in [-0.3, -0.25) is 4.84 Å². The van der Waals surface area contributed by atoms with Gasteiger partial charge in [0, 0.05) is 6.04 Å². The molecule has 1 aromatic carbocycles. The van der Waals surface area contributed by atoms with Crippen LogP contribution >= 0.6 is 0 Å². The second-order valence-corrected chi connectivity index (χ2v) is 2.92. The van der Waals surface area contributed by atoms with Crippen molar-refractivity contribution in [3.63, 3.8) is 0 Å². The molecule has 0 radical (unpaired) electrons. The molecule has 2 nitrogen and oxygen atoms in total. The number of hydrogen-bond donors (Lipinski definition) is 1. The Hall–Kier alpha value is -1.12. The fourth-order valence-corrected chi connectivity index (χ4v) is 0.879. The molecule has 0 aromatic heterocycles. The summed E-state index contributed by atoms with van der Waals surface area (Å²) in [4.78, 5) is 5.25. The van der Waals surface area contributed by atoms with Crippen molar-refractivity contribution >= 4 is 0 Å². The molecule has 13 heavy (non-hydrogen) atoms. The topological polar surface area (TPSA) is 21.3 Å². The van der Waals surface area contributed by atoms with E-state index in [0.717, 1.165) is 5.56 Å². The van der Waals surface area contributed by atoms with Crippen molar-refractivity contribution in [1.82, 2.24) is 5.48 Å². The van der Waals surface area contributed by atoms with Crippen molar-refractivity contribution < 1.29 is 4.84 Å². The molecule has 0 heterocycles. The van der Waals surface area contributed by atoms with Crippen LogP contribution in [0.3, 0.4) is 0 Å². The summed E-state index contributed by atoms with van der Waals surface area (Å²) in [5.41, 5.74) is 4.02. The molecular formula is C11H15NO. The van der Waals surface area contributed by atoms with Crippen LogP contribution in [-0.4, -0.2) is 6.04 Å². The van der Waals surface area contributed by atoms with Crippen LogP contribution < -0.4 is 5.48 Å². The standard InChI is InChI=1S/C11H15NO/c1-3-10(2)12-13-9-11-7-5-4-6-8-11/h3-8,10,12H,1,9H2,2H3. The maximum absolute atomic E-state index is 5.25. The molecule has 1 rings (SSSR count). The first-order chi connectivity index (χ1) is 6.33. The van der Waals surface area contributed by atoms with Crippen LogP contribution in [0.25, 0.3) is 0 Å². The summed E-state index contributed by atoms with van der Waals surface area (Å²) >= 11 is 0. The Morgan fingerprint density at radius 2 is 2.15 bits per heavy atom. The van der Waals surface area contributed by atoms with E-state index in [1.165, 1.54) is 0 Å². The first kappa shape index (κ1) is 9.96. The van der Waals surface area contributed by atoms with Crippen LogP contribution in [0.4, 0.5) is 0 Å². The molecule has 0 saturated heterocycles. The number of benzene rings is 1. The average Bonchev–Trinajstić information content (AvgIpc) is 2.19. The summed E-state index contributed by atoms with van der Waals surface area (Å²) in [5, 5.41) is 0. The number of nitrogens with one attached hydrogen (secondary N) is 1. The zero-order valence-corrected chi connectivity index (χ0v) is 7.86. The van der Waals surface area contributed by atoms with Crippen molar-refractivity contribution in [2.24, 2.45) is 0 Å². The van der Waals surface area contributed by atoms with Crippen LogP contribution in [0, 0.1) is 0 Å². The second-order valence-electron chi connectivity index (χ2n) is 2.92. The lowest BCUT2D eigenvalue weighted by molar-refractivity contribution is 0.0171. The fraction of sp³-hybridized carbons (Fsp3) is 0.273. The highest BCUT2D eigenvalue weighted by molar-refractivity contribution is 5.13. The van der Waals surface area contributed by atoms with Crippen LogP contribution in [0.2, 0.25) is 0 Å². The Labute approximate surface area is 79.2 Å². The first-order valence-electron chi connectivity index (χ1n) is 4.36. The molecule has 1 aromatic rings. The van der Waals surface area contributed by atoms with Crippen molar-refractivity contribution in [2.75, 3.05) is 0 Å². The van der Waals surface area contributed by atoms with E-state index in [0.29, 0.717) is 6.61 Å². The predicted molar refractivity (Wildman–Crippen MR) is 54.0 cm³/mol. The summed E-state index contributed by atoms with van der Waals surface area (Å²) in [6.45, 7) is 6.21. The highest BCUT2D eigenvalue weighted by atomic mass is 16.6. The predicted octanol–water partition coefficient (Wildman–Crippen LogP) is 2.28. The Morgan fingerprint density at radius 1 is 1.46 bits per heavy atom. The molecular weight excluding hydrogens is 162 g/mol. The molecule has 0 aliphatic rings. The third-order valence-electron chi connectivity index (χ3n) is 1.70. The van der Waals surface area contributed by atoms with Gasteiger partial charge in [0.05, 0.1) is 6.61 Å². The van der Waals surface area contributed by atoms with Gasteiger partial charge in [-0.15, -0.1) is 6.58 Å². The lowest BCUT2D eigenvalue weighted by Gasteiger charge is -2.08. The minimum absolute atomic E-state index is 0.184. The van der Waals surface area contributed by atoms with E-state index in [4.69, 9.17) is 4.84 Å². The maximum atomic E-state index is 5.25. The third-order valence-corrected chi connectivity index (χ3v) is 1.70. The number of rotatable bonds is 5. The fourth-order valence-electron chi connectivity index (χ4n) is 0.879. The van der Waals surface area contributed by atoms with E-state index in [1.54, 1.807) is 6.08 Å². The minimum atomic E-state index is 0.184. The SMILES string of the molecule is C=CC(C)NOCc1ccccc1. The summed E-state index contributed by atoms with van der Waals surface area (Å²) in [5.74, 6) is 0. The van der Waals surface area contributed by atoms with Crippen molar-refractivity contribution in [3.05, 3.63) is 48.6 Å². The molecule has 2 heteroatoms. The Kier molecular flexibility index (Phi) is 4.23. The minimum Gasteiger partial charge on any atom is -0.296 e. The van der Waals surface area contributed by atoms with Gasteiger partial charge in [0.2, 0.25) is 0 Å². The molecule has 1 unspecified atom stereocenters. The normalized spacial score (nSPS) is 12.4. The molecule has 1 N–H and O–H groups in total. The van der Waals surface area contributed by atoms with E-state index in [9.17, 15) is 0 Å². The third kappa shape index (κ3) is 3.87. The van der Waals surface area contributed by atoms with Gasteiger partial charge in [0.25, 0.3) is 0 Å². The van der Waals surface area contributed by atoms with Gasteiger partial charge < -0.3 is 0 Å². The van der Waals surface area contributed by atoms with E-state index in [2.05, 4.69) is 12.1 Å². The van der Waals surface area contributed by atoms with Gasteiger partial charge in [-0.1, -0.05) is 36.4 Å². The first-order valence-corrected chi connectivity index (χ1v) is 4.36. The zero-order valence-electron chi connectivity index (χ0n) is 7.86. The van der Waals surface area contributed by atoms with Gasteiger partial charge in [-0.05, 0) is 12.5 Å². The average molecular weight is 177 g/mol. The van der Waals surface area contributed by atoms with Crippen molar-refractivity contribution in [3.8, 4) is 0 Å². The van der Waals surface area contributed by atoms with E-state index >= 15 is 0 Å². The zero-order chi connectivity index (χ0) is 9.52. The van der Waals surface area contributed by atoms with Gasteiger partial charge >= 0.3 is 0 Å². The summed E-state index contributed by atoms with van der Waals surface area (Å²) in [6.07, 6.45) is 1.80. The van der Waals surface area contributed by atoms with Gasteiger partial charge in [0.1, 0.15) is 0 Å². The monoisotopic (exact) mass is 177 g/mol. The number of hydrogen-bond acceptors (Lipinski definition) is 2. The lowest BCUT2D eigenvalue weighted by Crippen LogP contribution is -2.23. The van der Waals surface area contributed by atoms with Crippen molar-refractivity contribution in [2.45, 2.75) is 19.6 Å². The second kappa shape index (κ2) is 5.51. The molecule has 0 amide bonds. The van der Waals surface area contributed by atoms with Crippen LogP contribution in [0.1, 0.15) is 12.5 Å². The smallest absolute Gasteiger partial charge is 0.0933 e. The van der Waals surface area contributed by atoms with Crippen LogP contribution in [0.5, 0.6) is 0 Å². The molecule has 0 aliphatic heterocycles. The van der Waals surface area contributed by atoms with Gasteiger partial charge in [-0.2, -0.15) is 5.48 Å². The Balaban J connectivity index is 2.24. The molecule has 0 spiro atoms. The molecule has 0 saturated carbocycles. The highest BCUT2D eigenvalue weighted by Gasteiger charge is 1.94. The molecule has 0 fully saturated rings. The largest absolute Gasteiger partial charge is 0.296 e. The molecule has 0 bridgehead atoms.